The van der Waals surface area contributed by atoms with Gasteiger partial charge in [0.05, 0.1) is 4.47 Å². The molecule has 0 radical (unpaired) electrons. The fraction of sp³-hybridized carbons (Fsp3) is 0.600. The Bertz CT molecular complexity index is 415. The van der Waals surface area contributed by atoms with E-state index in [1.807, 2.05) is 6.07 Å². The fourth-order valence-corrected chi connectivity index (χ4v) is 2.97. The summed E-state index contributed by atoms with van der Waals surface area (Å²) >= 11 is 3.37. The maximum atomic E-state index is 13.5. The normalized spacial score (nSPS) is 18.7. The number of rotatable bonds is 6. The molecule has 2 rings (SSSR count). The third-order valence-electron chi connectivity index (χ3n) is 4.09. The minimum absolute atomic E-state index is 0.155. The lowest BCUT2D eigenvalue weighted by atomic mass is 9.89. The predicted octanol–water partition coefficient (Wildman–Crippen LogP) is 4.30. The van der Waals surface area contributed by atoms with Crippen LogP contribution >= 0.6 is 15.9 Å². The van der Waals surface area contributed by atoms with Gasteiger partial charge < -0.3 is 5.32 Å². The van der Waals surface area contributed by atoms with Gasteiger partial charge in [-0.2, -0.15) is 0 Å². The van der Waals surface area contributed by atoms with Crippen LogP contribution in [0.25, 0.3) is 0 Å². The standard InChI is InChI=1S/C15H21BrFN/c1-3-9-18-11(2)15(7-8-15)10-12-5-4-6-13(17)14(12)16/h4-6,11,18H,3,7-10H2,1-2H3. The highest BCUT2D eigenvalue weighted by molar-refractivity contribution is 9.10. The first kappa shape index (κ1) is 14.0. The van der Waals surface area contributed by atoms with Gasteiger partial charge in [0.2, 0.25) is 0 Å². The Morgan fingerprint density at radius 1 is 1.44 bits per heavy atom. The number of nitrogens with one attached hydrogen (secondary N) is 1. The second kappa shape index (κ2) is 5.70. The Morgan fingerprint density at radius 3 is 2.78 bits per heavy atom. The number of benzene rings is 1. The van der Waals surface area contributed by atoms with Gasteiger partial charge >= 0.3 is 0 Å². The fourth-order valence-electron chi connectivity index (χ4n) is 2.57. The zero-order chi connectivity index (χ0) is 13.2. The molecule has 100 valence electrons. The van der Waals surface area contributed by atoms with Gasteiger partial charge in [-0.3, -0.25) is 0 Å². The van der Waals surface area contributed by atoms with Crippen molar-refractivity contribution in [2.45, 2.75) is 45.6 Å². The van der Waals surface area contributed by atoms with Crippen LogP contribution in [0.3, 0.4) is 0 Å². The molecule has 1 nitrogen and oxygen atoms in total. The van der Waals surface area contributed by atoms with Gasteiger partial charge in [-0.1, -0.05) is 19.1 Å². The van der Waals surface area contributed by atoms with Crippen molar-refractivity contribution in [1.29, 1.82) is 0 Å². The summed E-state index contributed by atoms with van der Waals surface area (Å²) in [7, 11) is 0. The van der Waals surface area contributed by atoms with Crippen LogP contribution in [0.1, 0.15) is 38.7 Å². The SMILES string of the molecule is CCCNC(C)C1(Cc2cccc(F)c2Br)CC1. The van der Waals surface area contributed by atoms with Crippen molar-refractivity contribution in [2.75, 3.05) is 6.54 Å². The minimum Gasteiger partial charge on any atom is -0.314 e. The van der Waals surface area contributed by atoms with Crippen LogP contribution in [0.15, 0.2) is 22.7 Å². The zero-order valence-corrected chi connectivity index (χ0v) is 12.7. The van der Waals surface area contributed by atoms with Crippen LogP contribution in [-0.4, -0.2) is 12.6 Å². The second-order valence-corrected chi connectivity index (χ2v) is 6.22. The smallest absolute Gasteiger partial charge is 0.137 e. The summed E-state index contributed by atoms with van der Waals surface area (Å²) in [6.45, 7) is 5.51. The van der Waals surface area contributed by atoms with E-state index in [-0.39, 0.29) is 5.82 Å². The van der Waals surface area contributed by atoms with E-state index in [1.165, 1.54) is 18.9 Å². The molecule has 1 aromatic rings. The topological polar surface area (TPSA) is 12.0 Å². The van der Waals surface area contributed by atoms with Gasteiger partial charge in [-0.15, -0.1) is 0 Å². The summed E-state index contributed by atoms with van der Waals surface area (Å²) in [5.41, 5.74) is 1.43. The first-order valence-corrected chi connectivity index (χ1v) is 7.54. The third-order valence-corrected chi connectivity index (χ3v) is 4.97. The van der Waals surface area contributed by atoms with Crippen molar-refractivity contribution < 1.29 is 4.39 Å². The van der Waals surface area contributed by atoms with Gasteiger partial charge in [0.1, 0.15) is 5.82 Å². The molecule has 0 aromatic heterocycles. The molecule has 0 heterocycles. The van der Waals surface area contributed by atoms with Crippen LogP contribution in [0.4, 0.5) is 4.39 Å². The molecule has 1 aromatic carbocycles. The summed E-state index contributed by atoms with van der Waals surface area (Å²) in [4.78, 5) is 0. The van der Waals surface area contributed by atoms with Gasteiger partial charge in [-0.05, 0) is 72.1 Å². The Kier molecular flexibility index (Phi) is 4.44. The molecule has 1 fully saturated rings. The highest BCUT2D eigenvalue weighted by atomic mass is 79.9. The molecular weight excluding hydrogens is 293 g/mol. The molecule has 1 aliphatic rings. The molecule has 3 heteroatoms. The van der Waals surface area contributed by atoms with Crippen molar-refractivity contribution in [3.8, 4) is 0 Å². The largest absolute Gasteiger partial charge is 0.314 e. The maximum absolute atomic E-state index is 13.5. The van der Waals surface area contributed by atoms with Gasteiger partial charge in [0.25, 0.3) is 0 Å². The summed E-state index contributed by atoms with van der Waals surface area (Å²) in [6, 6.07) is 5.84. The molecule has 1 N–H and O–H groups in total. The molecule has 18 heavy (non-hydrogen) atoms. The van der Waals surface area contributed by atoms with E-state index in [0.717, 1.165) is 24.9 Å². The molecule has 1 aliphatic carbocycles. The maximum Gasteiger partial charge on any atom is 0.137 e. The van der Waals surface area contributed by atoms with Crippen molar-refractivity contribution >= 4 is 15.9 Å². The first-order chi connectivity index (χ1) is 8.59. The van der Waals surface area contributed by atoms with Gasteiger partial charge in [0, 0.05) is 6.04 Å². The molecule has 0 bridgehead atoms. The Morgan fingerprint density at radius 2 is 2.17 bits per heavy atom. The Labute approximate surface area is 117 Å². The molecule has 0 aliphatic heterocycles. The molecule has 1 atom stereocenters. The monoisotopic (exact) mass is 313 g/mol. The predicted molar refractivity (Wildman–Crippen MR) is 77.2 cm³/mol. The van der Waals surface area contributed by atoms with Crippen molar-refractivity contribution in [3.63, 3.8) is 0 Å². The summed E-state index contributed by atoms with van der Waals surface area (Å²) in [5, 5.41) is 3.58. The van der Waals surface area contributed by atoms with Crippen LogP contribution in [0.2, 0.25) is 0 Å². The van der Waals surface area contributed by atoms with E-state index in [1.54, 1.807) is 6.07 Å². The Balaban J connectivity index is 2.06. The Hall–Kier alpha value is -0.410. The highest BCUT2D eigenvalue weighted by Crippen LogP contribution is 2.52. The van der Waals surface area contributed by atoms with Crippen LogP contribution in [0, 0.1) is 11.2 Å². The van der Waals surface area contributed by atoms with Crippen LogP contribution < -0.4 is 5.32 Å². The van der Waals surface area contributed by atoms with E-state index in [0.29, 0.717) is 15.9 Å². The van der Waals surface area contributed by atoms with Crippen molar-refractivity contribution in [3.05, 3.63) is 34.1 Å². The van der Waals surface area contributed by atoms with E-state index >= 15 is 0 Å². The van der Waals surface area contributed by atoms with E-state index < -0.39 is 0 Å². The average molecular weight is 314 g/mol. The molecule has 0 spiro atoms. The lowest BCUT2D eigenvalue weighted by Gasteiger charge is -2.25. The number of halogens is 2. The highest BCUT2D eigenvalue weighted by Gasteiger charge is 2.47. The zero-order valence-electron chi connectivity index (χ0n) is 11.1. The van der Waals surface area contributed by atoms with E-state index in [9.17, 15) is 4.39 Å². The number of hydrogen-bond donors (Lipinski definition) is 1. The summed E-state index contributed by atoms with van der Waals surface area (Å²) < 4.78 is 14.2. The lowest BCUT2D eigenvalue weighted by molar-refractivity contribution is 0.349. The lowest BCUT2D eigenvalue weighted by Crippen LogP contribution is -2.36. The second-order valence-electron chi connectivity index (χ2n) is 5.43. The minimum atomic E-state index is -0.155. The average Bonchev–Trinajstić information content (AvgIpc) is 3.13. The van der Waals surface area contributed by atoms with Gasteiger partial charge in [0.15, 0.2) is 0 Å². The summed E-state index contributed by atoms with van der Waals surface area (Å²) in [5.74, 6) is -0.155. The first-order valence-electron chi connectivity index (χ1n) is 6.75. The molecule has 0 amide bonds. The number of hydrogen-bond acceptors (Lipinski definition) is 1. The third kappa shape index (κ3) is 2.94. The quantitative estimate of drug-likeness (QED) is 0.825. The molecule has 1 saturated carbocycles. The van der Waals surface area contributed by atoms with E-state index in [2.05, 4.69) is 35.1 Å². The van der Waals surface area contributed by atoms with E-state index in [4.69, 9.17) is 0 Å². The molecule has 0 saturated heterocycles. The van der Waals surface area contributed by atoms with Gasteiger partial charge in [-0.25, -0.2) is 4.39 Å². The molecule has 1 unspecified atom stereocenters. The van der Waals surface area contributed by atoms with Crippen LogP contribution in [0.5, 0.6) is 0 Å². The van der Waals surface area contributed by atoms with Crippen molar-refractivity contribution in [2.24, 2.45) is 5.41 Å². The molecular formula is C15H21BrFN. The van der Waals surface area contributed by atoms with Crippen molar-refractivity contribution in [1.82, 2.24) is 5.32 Å². The van der Waals surface area contributed by atoms with Crippen LogP contribution in [-0.2, 0) is 6.42 Å². The summed E-state index contributed by atoms with van der Waals surface area (Å²) in [6.07, 6.45) is 4.61.